The van der Waals surface area contributed by atoms with Crippen LogP contribution in [0.25, 0.3) is 21.7 Å². The monoisotopic (exact) mass is 381 g/mol. The van der Waals surface area contributed by atoms with Gasteiger partial charge in [0, 0.05) is 12.7 Å². The van der Waals surface area contributed by atoms with Crippen LogP contribution in [0.15, 0.2) is 69.7 Å². The Hall–Kier alpha value is -2.64. The average molecular weight is 381 g/mol. The van der Waals surface area contributed by atoms with Crippen molar-refractivity contribution in [1.82, 2.24) is 15.3 Å². The van der Waals surface area contributed by atoms with Crippen molar-refractivity contribution in [3.63, 3.8) is 0 Å². The lowest BCUT2D eigenvalue weighted by Gasteiger charge is -2.05. The van der Waals surface area contributed by atoms with Crippen molar-refractivity contribution in [3.8, 4) is 11.5 Å². The lowest BCUT2D eigenvalue weighted by molar-refractivity contribution is -0.118. The van der Waals surface area contributed by atoms with E-state index < -0.39 is 0 Å². The number of hydrogen-bond acceptors (Lipinski definition) is 6. The summed E-state index contributed by atoms with van der Waals surface area (Å²) >= 11 is 3.07. The smallest absolute Gasteiger partial charge is 0.230 e. The Morgan fingerprint density at radius 1 is 1.19 bits per heavy atom. The molecule has 4 aromatic rings. The minimum Gasteiger partial charge on any atom is -0.463 e. The first-order valence-corrected chi connectivity index (χ1v) is 9.82. The summed E-state index contributed by atoms with van der Waals surface area (Å²) in [6, 6.07) is 15.5. The van der Waals surface area contributed by atoms with Crippen molar-refractivity contribution >= 4 is 39.2 Å². The van der Waals surface area contributed by atoms with Crippen LogP contribution in [0.4, 0.5) is 0 Å². The number of amides is 1. The second-order valence-corrected chi connectivity index (χ2v) is 7.79. The van der Waals surface area contributed by atoms with E-state index in [1.165, 1.54) is 11.8 Å². The van der Waals surface area contributed by atoms with Crippen LogP contribution in [-0.2, 0) is 11.3 Å². The van der Waals surface area contributed by atoms with Crippen LogP contribution < -0.4 is 5.32 Å². The van der Waals surface area contributed by atoms with Crippen LogP contribution in [0, 0.1) is 0 Å². The summed E-state index contributed by atoms with van der Waals surface area (Å²) in [5.74, 6) is 1.03. The third kappa shape index (κ3) is 3.95. The Balaban J connectivity index is 1.32. The molecule has 0 spiro atoms. The van der Waals surface area contributed by atoms with Gasteiger partial charge < -0.3 is 9.73 Å². The minimum atomic E-state index is -0.0226. The number of nitrogens with zero attached hydrogens (tertiary/aromatic N) is 2. The zero-order chi connectivity index (χ0) is 17.8. The van der Waals surface area contributed by atoms with Crippen LogP contribution >= 0.6 is 23.1 Å². The molecule has 1 amide bonds. The molecule has 130 valence electrons. The van der Waals surface area contributed by atoms with Gasteiger partial charge in [-0.25, -0.2) is 4.98 Å². The van der Waals surface area contributed by atoms with Crippen LogP contribution in [0.3, 0.4) is 0 Å². The van der Waals surface area contributed by atoms with Gasteiger partial charge >= 0.3 is 0 Å². The molecule has 0 atom stereocenters. The first-order valence-electron chi connectivity index (χ1n) is 8.02. The van der Waals surface area contributed by atoms with E-state index in [2.05, 4.69) is 15.3 Å². The van der Waals surface area contributed by atoms with E-state index in [0.717, 1.165) is 25.8 Å². The maximum atomic E-state index is 12.1. The molecule has 0 aliphatic heterocycles. The largest absolute Gasteiger partial charge is 0.463 e. The molecule has 26 heavy (non-hydrogen) atoms. The molecule has 0 aliphatic rings. The highest BCUT2D eigenvalue weighted by atomic mass is 32.2. The maximum Gasteiger partial charge on any atom is 0.230 e. The van der Waals surface area contributed by atoms with Crippen molar-refractivity contribution in [2.75, 3.05) is 5.75 Å². The van der Waals surface area contributed by atoms with E-state index in [1.807, 2.05) is 48.5 Å². The summed E-state index contributed by atoms with van der Waals surface area (Å²) < 4.78 is 7.40. The van der Waals surface area contributed by atoms with Gasteiger partial charge in [0.25, 0.3) is 0 Å². The fourth-order valence-corrected chi connectivity index (χ4v) is 4.33. The summed E-state index contributed by atoms with van der Waals surface area (Å²) in [4.78, 5) is 20.9. The first kappa shape index (κ1) is 16.8. The number of nitrogens with one attached hydrogen (secondary N) is 1. The molecule has 0 saturated carbocycles. The summed E-state index contributed by atoms with van der Waals surface area (Å²) in [6.07, 6.45) is 3.33. The number of pyridine rings is 1. The van der Waals surface area contributed by atoms with E-state index in [1.54, 1.807) is 23.8 Å². The van der Waals surface area contributed by atoms with E-state index in [-0.39, 0.29) is 5.91 Å². The fraction of sp³-hybridized carbons (Fsp3) is 0.105. The number of para-hydroxylation sites is 1. The summed E-state index contributed by atoms with van der Waals surface area (Å²) in [5, 5.41) is 2.93. The molecule has 0 bridgehead atoms. The number of thiazole rings is 1. The maximum absolute atomic E-state index is 12.1. The van der Waals surface area contributed by atoms with Crippen molar-refractivity contribution in [2.24, 2.45) is 0 Å². The predicted molar refractivity (Wildman–Crippen MR) is 104 cm³/mol. The molecule has 0 saturated heterocycles. The second kappa shape index (κ2) is 7.72. The number of rotatable bonds is 6. The van der Waals surface area contributed by atoms with Gasteiger partial charge in [-0.2, -0.15) is 0 Å². The number of fused-ring (bicyclic) bond motifs is 1. The molecular weight excluding hydrogens is 366 g/mol. The van der Waals surface area contributed by atoms with Crippen LogP contribution in [-0.4, -0.2) is 21.6 Å². The molecule has 3 aromatic heterocycles. The molecule has 1 N–H and O–H groups in total. The first-order chi connectivity index (χ1) is 12.8. The number of carbonyl (C=O) groups is 1. The van der Waals surface area contributed by atoms with Gasteiger partial charge in [0.1, 0.15) is 5.69 Å². The van der Waals surface area contributed by atoms with Gasteiger partial charge in [0.15, 0.2) is 10.1 Å². The van der Waals surface area contributed by atoms with Gasteiger partial charge in [0.05, 0.1) is 22.2 Å². The molecule has 0 aliphatic carbocycles. The highest BCUT2D eigenvalue weighted by Crippen LogP contribution is 2.29. The molecule has 0 unspecified atom stereocenters. The number of thioether (sulfide) groups is 1. The average Bonchev–Trinajstić information content (AvgIpc) is 3.34. The molecule has 5 nitrogen and oxygen atoms in total. The van der Waals surface area contributed by atoms with Crippen LogP contribution in [0.2, 0.25) is 0 Å². The normalized spacial score (nSPS) is 10.9. The topological polar surface area (TPSA) is 68.0 Å². The van der Waals surface area contributed by atoms with Crippen molar-refractivity contribution in [3.05, 3.63) is 66.6 Å². The molecule has 0 fully saturated rings. The number of aromatic nitrogens is 2. The van der Waals surface area contributed by atoms with Gasteiger partial charge in [-0.1, -0.05) is 23.9 Å². The second-order valence-electron chi connectivity index (χ2n) is 5.54. The number of furan rings is 1. The van der Waals surface area contributed by atoms with E-state index >= 15 is 0 Å². The molecule has 1 aromatic carbocycles. The Kier molecular flexibility index (Phi) is 4.99. The van der Waals surface area contributed by atoms with Gasteiger partial charge in [-0.3, -0.25) is 9.78 Å². The SMILES string of the molecule is O=C(CSc1nc2ccccc2s1)NCc1ccnc(-c2ccco2)c1. The van der Waals surface area contributed by atoms with E-state index in [4.69, 9.17) is 4.42 Å². The molecule has 7 heteroatoms. The van der Waals surface area contributed by atoms with E-state index in [0.29, 0.717) is 18.1 Å². The van der Waals surface area contributed by atoms with Crippen molar-refractivity contribution in [1.29, 1.82) is 0 Å². The molecule has 0 radical (unpaired) electrons. The third-order valence-corrected chi connectivity index (χ3v) is 5.87. The van der Waals surface area contributed by atoms with Crippen molar-refractivity contribution in [2.45, 2.75) is 10.9 Å². The third-order valence-electron chi connectivity index (χ3n) is 3.69. The zero-order valence-corrected chi connectivity index (χ0v) is 15.3. The summed E-state index contributed by atoms with van der Waals surface area (Å²) in [7, 11) is 0. The minimum absolute atomic E-state index is 0.0226. The van der Waals surface area contributed by atoms with Crippen LogP contribution in [0.1, 0.15) is 5.56 Å². The quantitative estimate of drug-likeness (QED) is 0.503. The Morgan fingerprint density at radius 2 is 2.12 bits per heavy atom. The lowest BCUT2D eigenvalue weighted by atomic mass is 10.2. The highest BCUT2D eigenvalue weighted by molar-refractivity contribution is 8.01. The number of carbonyl (C=O) groups excluding carboxylic acids is 1. The fourth-order valence-electron chi connectivity index (χ4n) is 2.44. The van der Waals surface area contributed by atoms with Gasteiger partial charge in [0.2, 0.25) is 5.91 Å². The number of benzene rings is 1. The lowest BCUT2D eigenvalue weighted by Crippen LogP contribution is -2.24. The standard InChI is InChI=1S/C19H15N3O2S2/c23-18(12-25-19-22-14-4-1-2-6-17(14)26-19)21-11-13-7-8-20-15(10-13)16-5-3-9-24-16/h1-10H,11-12H2,(H,21,23). The van der Waals surface area contributed by atoms with Gasteiger partial charge in [-0.15, -0.1) is 11.3 Å². The number of hydrogen-bond donors (Lipinski definition) is 1. The highest BCUT2D eigenvalue weighted by Gasteiger charge is 2.08. The molecular formula is C19H15N3O2S2. The van der Waals surface area contributed by atoms with Crippen LogP contribution in [0.5, 0.6) is 0 Å². The van der Waals surface area contributed by atoms with Gasteiger partial charge in [-0.05, 0) is 42.0 Å². The summed E-state index contributed by atoms with van der Waals surface area (Å²) in [5.41, 5.74) is 2.71. The predicted octanol–water partition coefficient (Wildman–Crippen LogP) is 4.36. The Morgan fingerprint density at radius 3 is 2.96 bits per heavy atom. The van der Waals surface area contributed by atoms with Crippen molar-refractivity contribution < 1.29 is 9.21 Å². The molecule has 3 heterocycles. The summed E-state index contributed by atoms with van der Waals surface area (Å²) in [6.45, 7) is 0.454. The van der Waals surface area contributed by atoms with E-state index in [9.17, 15) is 4.79 Å². The Bertz CT molecular complexity index is 995. The zero-order valence-electron chi connectivity index (χ0n) is 13.7. The Labute approximate surface area is 158 Å². The molecule has 4 rings (SSSR count).